The van der Waals surface area contributed by atoms with Crippen LogP contribution in [0.2, 0.25) is 0 Å². The van der Waals surface area contributed by atoms with Gasteiger partial charge >= 0.3 is 0 Å². The first-order valence-corrected chi connectivity index (χ1v) is 7.67. The van der Waals surface area contributed by atoms with Crippen LogP contribution in [0.15, 0.2) is 24.3 Å². The molecule has 0 aliphatic carbocycles. The van der Waals surface area contributed by atoms with Crippen molar-refractivity contribution >= 4 is 5.91 Å². The van der Waals surface area contributed by atoms with Crippen LogP contribution < -0.4 is 5.32 Å². The first-order chi connectivity index (χ1) is 11.0. The van der Waals surface area contributed by atoms with E-state index < -0.39 is 11.6 Å². The van der Waals surface area contributed by atoms with Gasteiger partial charge in [-0.1, -0.05) is 6.07 Å². The van der Waals surface area contributed by atoms with Gasteiger partial charge in [0.2, 0.25) is 5.91 Å². The zero-order chi connectivity index (χ0) is 16.8. The zero-order valence-electron chi connectivity index (χ0n) is 13.4. The minimum absolute atomic E-state index is 0.0944. The Morgan fingerprint density at radius 1 is 1.22 bits per heavy atom. The summed E-state index contributed by atoms with van der Waals surface area (Å²) < 4.78 is 27.8. The largest absolute Gasteiger partial charge is 0.356 e. The lowest BCUT2D eigenvalue weighted by Crippen LogP contribution is -2.25. The van der Waals surface area contributed by atoms with E-state index in [1.807, 2.05) is 24.6 Å². The molecule has 0 bridgehead atoms. The quantitative estimate of drug-likeness (QED) is 0.797. The third-order valence-electron chi connectivity index (χ3n) is 3.60. The summed E-state index contributed by atoms with van der Waals surface area (Å²) in [4.78, 5) is 11.7. The van der Waals surface area contributed by atoms with Gasteiger partial charge in [-0.3, -0.25) is 9.48 Å². The number of nitrogens with one attached hydrogen (secondary N) is 1. The number of nitrogens with zero attached hydrogens (tertiary/aromatic N) is 2. The minimum Gasteiger partial charge on any atom is -0.356 e. The van der Waals surface area contributed by atoms with Gasteiger partial charge in [-0.25, -0.2) is 8.78 Å². The molecule has 6 heteroatoms. The van der Waals surface area contributed by atoms with E-state index in [1.54, 1.807) is 0 Å². The van der Waals surface area contributed by atoms with Gasteiger partial charge in [0, 0.05) is 25.2 Å². The molecule has 1 aromatic heterocycles. The number of rotatable bonds is 7. The molecule has 0 radical (unpaired) electrons. The first-order valence-electron chi connectivity index (χ1n) is 7.67. The number of carbonyl (C=O) groups excluding carboxylic acids is 1. The van der Waals surface area contributed by atoms with Crippen molar-refractivity contribution in [1.82, 2.24) is 15.1 Å². The lowest BCUT2D eigenvalue weighted by Gasteiger charge is -2.07. The van der Waals surface area contributed by atoms with Crippen molar-refractivity contribution in [2.45, 2.75) is 39.7 Å². The normalized spacial score (nSPS) is 10.8. The number of benzene rings is 1. The molecule has 124 valence electrons. The second-order valence-corrected chi connectivity index (χ2v) is 5.60. The molecule has 0 saturated heterocycles. The van der Waals surface area contributed by atoms with Crippen molar-refractivity contribution in [1.29, 1.82) is 0 Å². The van der Waals surface area contributed by atoms with Crippen LogP contribution in [-0.2, 0) is 17.8 Å². The average molecular weight is 321 g/mol. The predicted octanol–water partition coefficient (Wildman–Crippen LogP) is 2.92. The highest BCUT2D eigenvalue weighted by Gasteiger charge is 2.06. The summed E-state index contributed by atoms with van der Waals surface area (Å²) in [7, 11) is 0. The highest BCUT2D eigenvalue weighted by atomic mass is 19.2. The number of hydrogen-bond acceptors (Lipinski definition) is 2. The molecule has 0 spiro atoms. The molecule has 0 saturated carbocycles. The number of halogens is 2. The van der Waals surface area contributed by atoms with Crippen LogP contribution in [0.3, 0.4) is 0 Å². The van der Waals surface area contributed by atoms with Crippen molar-refractivity contribution in [2.75, 3.05) is 6.54 Å². The fraction of sp³-hybridized carbons (Fsp3) is 0.412. The molecular formula is C17H21F2N3O. The molecule has 1 heterocycles. The molecule has 23 heavy (non-hydrogen) atoms. The lowest BCUT2D eigenvalue weighted by molar-refractivity contribution is -0.121. The van der Waals surface area contributed by atoms with Gasteiger partial charge in [0.25, 0.3) is 0 Å². The number of aryl methyl sites for hydroxylation is 4. The van der Waals surface area contributed by atoms with Crippen molar-refractivity contribution in [3.05, 3.63) is 52.9 Å². The van der Waals surface area contributed by atoms with E-state index >= 15 is 0 Å². The SMILES string of the molecule is Cc1cc(C)n(CCCNC(=O)CCc2ccc(F)c(F)c2)n1. The van der Waals surface area contributed by atoms with Crippen LogP contribution in [0.5, 0.6) is 0 Å². The van der Waals surface area contributed by atoms with Crippen LogP contribution in [0.4, 0.5) is 8.78 Å². The maximum absolute atomic E-state index is 13.1. The summed E-state index contributed by atoms with van der Waals surface area (Å²) in [6, 6.07) is 5.72. The number of aromatic nitrogens is 2. The second-order valence-electron chi connectivity index (χ2n) is 5.60. The maximum Gasteiger partial charge on any atom is 0.220 e. The van der Waals surface area contributed by atoms with Gasteiger partial charge in [-0.15, -0.1) is 0 Å². The summed E-state index contributed by atoms with van der Waals surface area (Å²) in [5.41, 5.74) is 2.70. The molecule has 2 aromatic rings. The molecule has 0 aliphatic rings. The Labute approximate surface area is 134 Å². The average Bonchev–Trinajstić information content (AvgIpc) is 2.83. The van der Waals surface area contributed by atoms with Crippen molar-refractivity contribution in [2.24, 2.45) is 0 Å². The Bertz CT molecular complexity index is 682. The van der Waals surface area contributed by atoms with Crippen LogP contribution in [0.1, 0.15) is 29.8 Å². The van der Waals surface area contributed by atoms with E-state index in [0.29, 0.717) is 18.5 Å². The molecule has 0 fully saturated rings. The Kier molecular flexibility index (Phi) is 5.84. The van der Waals surface area contributed by atoms with Gasteiger partial charge in [-0.05, 0) is 50.5 Å². The van der Waals surface area contributed by atoms with E-state index in [9.17, 15) is 13.6 Å². The summed E-state index contributed by atoms with van der Waals surface area (Å²) in [5.74, 6) is -1.85. The zero-order valence-corrected chi connectivity index (χ0v) is 13.4. The molecule has 0 aliphatic heterocycles. The minimum atomic E-state index is -0.882. The number of carbonyl (C=O) groups is 1. The summed E-state index contributed by atoms with van der Waals surface area (Å²) in [6.45, 7) is 5.27. The second kappa shape index (κ2) is 7.85. The molecule has 1 N–H and O–H groups in total. The molecule has 1 aromatic carbocycles. The van der Waals surface area contributed by atoms with E-state index in [1.165, 1.54) is 6.07 Å². The van der Waals surface area contributed by atoms with Crippen molar-refractivity contribution < 1.29 is 13.6 Å². The van der Waals surface area contributed by atoms with Crippen LogP contribution >= 0.6 is 0 Å². The third kappa shape index (κ3) is 5.16. The van der Waals surface area contributed by atoms with E-state index in [0.717, 1.165) is 36.5 Å². The Hall–Kier alpha value is -2.24. The van der Waals surface area contributed by atoms with Gasteiger partial charge in [0.15, 0.2) is 11.6 Å². The molecule has 0 atom stereocenters. The number of amides is 1. The molecule has 0 unspecified atom stereocenters. The fourth-order valence-corrected chi connectivity index (χ4v) is 2.40. The standard InChI is InChI=1S/C17H21F2N3O/c1-12-10-13(2)22(21-12)9-3-8-20-17(23)7-5-14-4-6-15(18)16(19)11-14/h4,6,10-11H,3,5,7-9H2,1-2H3,(H,20,23). The van der Waals surface area contributed by atoms with Crippen LogP contribution in [0.25, 0.3) is 0 Å². The monoisotopic (exact) mass is 321 g/mol. The third-order valence-corrected chi connectivity index (χ3v) is 3.60. The Morgan fingerprint density at radius 2 is 2.00 bits per heavy atom. The van der Waals surface area contributed by atoms with Gasteiger partial charge in [-0.2, -0.15) is 5.10 Å². The predicted molar refractivity (Wildman–Crippen MR) is 84.0 cm³/mol. The molecule has 2 rings (SSSR count). The topological polar surface area (TPSA) is 46.9 Å². The van der Waals surface area contributed by atoms with Gasteiger partial charge in [0.05, 0.1) is 5.69 Å². The van der Waals surface area contributed by atoms with E-state index in [2.05, 4.69) is 10.4 Å². The molecule has 1 amide bonds. The van der Waals surface area contributed by atoms with Crippen LogP contribution in [-0.4, -0.2) is 22.2 Å². The van der Waals surface area contributed by atoms with Gasteiger partial charge < -0.3 is 5.32 Å². The summed E-state index contributed by atoms with van der Waals surface area (Å²) in [5, 5.41) is 7.18. The summed E-state index contributed by atoms with van der Waals surface area (Å²) in [6.07, 6.45) is 1.43. The molecular weight excluding hydrogens is 300 g/mol. The van der Waals surface area contributed by atoms with Crippen molar-refractivity contribution in [3.63, 3.8) is 0 Å². The summed E-state index contributed by atoms with van der Waals surface area (Å²) >= 11 is 0. The lowest BCUT2D eigenvalue weighted by atomic mass is 10.1. The highest BCUT2D eigenvalue weighted by molar-refractivity contribution is 5.76. The van der Waals surface area contributed by atoms with Crippen molar-refractivity contribution in [3.8, 4) is 0 Å². The fourth-order valence-electron chi connectivity index (χ4n) is 2.40. The maximum atomic E-state index is 13.1. The van der Waals surface area contributed by atoms with Gasteiger partial charge in [0.1, 0.15) is 0 Å². The Balaban J connectivity index is 1.67. The van der Waals surface area contributed by atoms with E-state index in [-0.39, 0.29) is 12.3 Å². The number of hydrogen-bond donors (Lipinski definition) is 1. The van der Waals surface area contributed by atoms with E-state index in [4.69, 9.17) is 0 Å². The molecule has 4 nitrogen and oxygen atoms in total. The Morgan fingerprint density at radius 3 is 2.65 bits per heavy atom. The highest BCUT2D eigenvalue weighted by Crippen LogP contribution is 2.10. The smallest absolute Gasteiger partial charge is 0.220 e. The first kappa shape index (κ1) is 17.1. The van der Waals surface area contributed by atoms with Crippen LogP contribution in [0, 0.1) is 25.5 Å².